The molecule has 0 fully saturated rings. The second-order valence-electron chi connectivity index (χ2n) is 5.21. The van der Waals surface area contributed by atoms with Crippen molar-refractivity contribution in [3.05, 3.63) is 42.1 Å². The van der Waals surface area contributed by atoms with Crippen LogP contribution in [0.5, 0.6) is 0 Å². The molecule has 0 bridgehead atoms. The van der Waals surface area contributed by atoms with E-state index in [1.807, 2.05) is 18.2 Å². The van der Waals surface area contributed by atoms with E-state index in [2.05, 4.69) is 10.3 Å². The summed E-state index contributed by atoms with van der Waals surface area (Å²) in [6.07, 6.45) is 3.78. The summed E-state index contributed by atoms with van der Waals surface area (Å²) in [7, 11) is 0. The van der Waals surface area contributed by atoms with E-state index in [1.165, 1.54) is 0 Å². The zero-order valence-electron chi connectivity index (χ0n) is 12.7. The van der Waals surface area contributed by atoms with Gasteiger partial charge >= 0.3 is 0 Å². The topological polar surface area (TPSA) is 109 Å². The predicted octanol–water partition coefficient (Wildman–Crippen LogP) is 1.90. The van der Waals surface area contributed by atoms with Gasteiger partial charge in [-0.1, -0.05) is 18.2 Å². The minimum Gasteiger partial charge on any atom is -0.368 e. The van der Waals surface area contributed by atoms with Crippen molar-refractivity contribution < 1.29 is 9.59 Å². The molecule has 118 valence electrons. The van der Waals surface area contributed by atoms with Crippen LogP contribution in [0, 0.1) is 11.3 Å². The number of rotatable bonds is 7. The van der Waals surface area contributed by atoms with Crippen LogP contribution < -0.4 is 11.1 Å². The molecule has 2 rings (SSSR count). The Kier molecular flexibility index (Phi) is 5.64. The van der Waals surface area contributed by atoms with E-state index in [0.29, 0.717) is 36.8 Å². The molecular weight excluding hydrogens is 292 g/mol. The Morgan fingerprint density at radius 2 is 2.04 bits per heavy atom. The number of carbonyl (C=O) groups excluding carboxylic acids is 2. The standard InChI is InChI=1S/C17H18N4O2/c18-10-3-1-2-9-14(16(19)22)21-17(23)13-8-4-6-12-7-5-11-20-15(12)13/h4-8,11,14H,1-3,9H2,(H2,19,22)(H,21,23)/t14-/m1/s1. The van der Waals surface area contributed by atoms with Crippen LogP contribution in [0.2, 0.25) is 0 Å². The number of hydrogen-bond donors (Lipinski definition) is 2. The number of benzene rings is 1. The van der Waals surface area contributed by atoms with Crippen LogP contribution in [0.15, 0.2) is 36.5 Å². The SMILES string of the molecule is N#CCCCC[C@@H](NC(=O)c1cccc2cccnc12)C(N)=O. The molecule has 0 aliphatic heterocycles. The maximum absolute atomic E-state index is 12.5. The van der Waals surface area contributed by atoms with Gasteiger partial charge in [0.2, 0.25) is 5.91 Å². The highest BCUT2D eigenvalue weighted by atomic mass is 16.2. The lowest BCUT2D eigenvalue weighted by atomic mass is 10.1. The molecule has 1 heterocycles. The minimum atomic E-state index is -0.750. The van der Waals surface area contributed by atoms with Gasteiger partial charge in [0.25, 0.3) is 5.91 Å². The molecule has 23 heavy (non-hydrogen) atoms. The normalized spacial score (nSPS) is 11.6. The molecule has 0 saturated carbocycles. The third-order valence-corrected chi connectivity index (χ3v) is 3.56. The number of nitriles is 1. The molecule has 0 unspecified atom stereocenters. The number of pyridine rings is 1. The van der Waals surface area contributed by atoms with Gasteiger partial charge in [0.1, 0.15) is 6.04 Å². The second-order valence-corrected chi connectivity index (χ2v) is 5.21. The average Bonchev–Trinajstić information content (AvgIpc) is 2.56. The van der Waals surface area contributed by atoms with Crippen molar-refractivity contribution in [2.24, 2.45) is 5.73 Å². The first-order chi connectivity index (χ1) is 11.1. The molecule has 1 aromatic carbocycles. The maximum atomic E-state index is 12.5. The van der Waals surface area contributed by atoms with Gasteiger partial charge in [0, 0.05) is 18.0 Å². The fourth-order valence-electron chi connectivity index (χ4n) is 2.36. The number of para-hydroxylation sites is 1. The molecule has 2 amide bonds. The number of primary amides is 1. The number of fused-ring (bicyclic) bond motifs is 1. The van der Waals surface area contributed by atoms with E-state index in [0.717, 1.165) is 5.39 Å². The molecule has 0 saturated heterocycles. The van der Waals surface area contributed by atoms with E-state index in [-0.39, 0.29) is 5.91 Å². The van der Waals surface area contributed by atoms with Crippen LogP contribution in [0.1, 0.15) is 36.0 Å². The molecule has 1 aromatic heterocycles. The van der Waals surface area contributed by atoms with Gasteiger partial charge in [0.05, 0.1) is 17.1 Å². The van der Waals surface area contributed by atoms with Crippen LogP contribution in [-0.2, 0) is 4.79 Å². The summed E-state index contributed by atoms with van der Waals surface area (Å²) in [6.45, 7) is 0. The Balaban J connectivity index is 2.11. The third kappa shape index (κ3) is 4.27. The monoisotopic (exact) mass is 310 g/mol. The second kappa shape index (κ2) is 7.90. The van der Waals surface area contributed by atoms with Crippen LogP contribution in [0.4, 0.5) is 0 Å². The molecule has 2 aromatic rings. The predicted molar refractivity (Wildman–Crippen MR) is 86.3 cm³/mol. The van der Waals surface area contributed by atoms with E-state index in [9.17, 15) is 9.59 Å². The first kappa shape index (κ1) is 16.4. The van der Waals surface area contributed by atoms with Gasteiger partial charge in [0.15, 0.2) is 0 Å². The van der Waals surface area contributed by atoms with E-state index in [4.69, 9.17) is 11.0 Å². The molecule has 0 spiro atoms. The number of aromatic nitrogens is 1. The highest BCUT2D eigenvalue weighted by molar-refractivity contribution is 6.06. The summed E-state index contributed by atoms with van der Waals surface area (Å²) in [5.74, 6) is -0.957. The molecule has 0 radical (unpaired) electrons. The van der Waals surface area contributed by atoms with Crippen molar-refractivity contribution in [3.8, 4) is 6.07 Å². The van der Waals surface area contributed by atoms with Crippen molar-refractivity contribution >= 4 is 22.7 Å². The van der Waals surface area contributed by atoms with Gasteiger partial charge in [-0.15, -0.1) is 0 Å². The molecule has 1 atom stereocenters. The van der Waals surface area contributed by atoms with Crippen molar-refractivity contribution in [2.75, 3.05) is 0 Å². The van der Waals surface area contributed by atoms with Crippen molar-refractivity contribution in [1.82, 2.24) is 10.3 Å². The Labute approximate surface area is 134 Å². The summed E-state index contributed by atoms with van der Waals surface area (Å²) < 4.78 is 0. The average molecular weight is 310 g/mol. The molecular formula is C17H18N4O2. The van der Waals surface area contributed by atoms with Crippen LogP contribution in [0.25, 0.3) is 10.9 Å². The Morgan fingerprint density at radius 1 is 1.26 bits per heavy atom. The quantitative estimate of drug-likeness (QED) is 0.761. The highest BCUT2D eigenvalue weighted by Gasteiger charge is 2.20. The highest BCUT2D eigenvalue weighted by Crippen LogP contribution is 2.16. The van der Waals surface area contributed by atoms with Crippen LogP contribution in [0.3, 0.4) is 0 Å². The number of carbonyl (C=O) groups is 2. The Hall–Kier alpha value is -2.94. The Morgan fingerprint density at radius 3 is 2.78 bits per heavy atom. The van der Waals surface area contributed by atoms with E-state index < -0.39 is 11.9 Å². The lowest BCUT2D eigenvalue weighted by Crippen LogP contribution is -2.44. The number of amides is 2. The number of hydrogen-bond acceptors (Lipinski definition) is 4. The lowest BCUT2D eigenvalue weighted by Gasteiger charge is -2.15. The molecule has 6 nitrogen and oxygen atoms in total. The molecule has 0 aliphatic rings. The zero-order chi connectivity index (χ0) is 16.7. The van der Waals surface area contributed by atoms with Crippen LogP contribution in [-0.4, -0.2) is 22.8 Å². The fourth-order valence-corrected chi connectivity index (χ4v) is 2.36. The van der Waals surface area contributed by atoms with Crippen molar-refractivity contribution in [1.29, 1.82) is 5.26 Å². The molecule has 3 N–H and O–H groups in total. The smallest absolute Gasteiger partial charge is 0.254 e. The third-order valence-electron chi connectivity index (χ3n) is 3.56. The fraction of sp³-hybridized carbons (Fsp3) is 0.294. The summed E-state index contributed by atoms with van der Waals surface area (Å²) >= 11 is 0. The number of nitrogens with one attached hydrogen (secondary N) is 1. The summed E-state index contributed by atoms with van der Waals surface area (Å²) in [4.78, 5) is 28.2. The molecule has 6 heteroatoms. The lowest BCUT2D eigenvalue weighted by molar-refractivity contribution is -0.120. The summed E-state index contributed by atoms with van der Waals surface area (Å²) in [5.41, 5.74) is 6.35. The first-order valence-electron chi connectivity index (χ1n) is 7.44. The summed E-state index contributed by atoms with van der Waals surface area (Å²) in [6, 6.07) is 10.3. The zero-order valence-corrected chi connectivity index (χ0v) is 12.7. The van der Waals surface area contributed by atoms with Gasteiger partial charge in [-0.25, -0.2) is 0 Å². The van der Waals surface area contributed by atoms with Crippen molar-refractivity contribution in [2.45, 2.75) is 31.7 Å². The first-order valence-corrected chi connectivity index (χ1v) is 7.44. The number of nitrogens with two attached hydrogens (primary N) is 1. The van der Waals surface area contributed by atoms with Crippen LogP contribution >= 0.6 is 0 Å². The largest absolute Gasteiger partial charge is 0.368 e. The number of nitrogens with zero attached hydrogens (tertiary/aromatic N) is 2. The number of unbranched alkanes of at least 4 members (excludes halogenated alkanes) is 2. The van der Waals surface area contributed by atoms with E-state index >= 15 is 0 Å². The molecule has 0 aliphatic carbocycles. The van der Waals surface area contributed by atoms with Gasteiger partial charge in [-0.3, -0.25) is 14.6 Å². The van der Waals surface area contributed by atoms with Crippen molar-refractivity contribution in [3.63, 3.8) is 0 Å². The summed E-state index contributed by atoms with van der Waals surface area (Å²) in [5, 5.41) is 12.0. The van der Waals surface area contributed by atoms with Gasteiger partial charge in [-0.05, 0) is 31.4 Å². The maximum Gasteiger partial charge on any atom is 0.254 e. The minimum absolute atomic E-state index is 0.376. The van der Waals surface area contributed by atoms with Gasteiger partial charge < -0.3 is 11.1 Å². The Bertz CT molecular complexity index is 746. The van der Waals surface area contributed by atoms with Gasteiger partial charge in [-0.2, -0.15) is 5.26 Å². The van der Waals surface area contributed by atoms with E-state index in [1.54, 1.807) is 24.4 Å².